The van der Waals surface area contributed by atoms with Gasteiger partial charge in [-0.05, 0) is 44.5 Å². The van der Waals surface area contributed by atoms with Gasteiger partial charge in [-0.2, -0.15) is 0 Å². The number of benzene rings is 1. The fourth-order valence-electron chi connectivity index (χ4n) is 3.20. The zero-order valence-electron chi connectivity index (χ0n) is 14.8. The van der Waals surface area contributed by atoms with Crippen LogP contribution in [0.4, 0.5) is 5.69 Å². The number of carbonyl (C=O) groups excluding carboxylic acids is 1. The first-order valence-electron chi connectivity index (χ1n) is 8.48. The van der Waals surface area contributed by atoms with Crippen LogP contribution in [0.15, 0.2) is 23.1 Å². The van der Waals surface area contributed by atoms with Crippen molar-refractivity contribution in [2.75, 3.05) is 38.2 Å². The standard InChI is InChI=1S/C17H25N3O4S/c1-12-14-10-13(4-5-15(14)19-16(12)21)25(22,23)18-11-17(2,3)20-6-8-24-9-7-20/h4-5,10,12,18H,6-9,11H2,1-3H3,(H,19,21)/t12-/m0/s1. The molecular weight excluding hydrogens is 342 g/mol. The van der Waals surface area contributed by atoms with Crippen molar-refractivity contribution in [3.63, 3.8) is 0 Å². The third kappa shape index (κ3) is 3.72. The molecule has 0 unspecified atom stereocenters. The summed E-state index contributed by atoms with van der Waals surface area (Å²) in [6.07, 6.45) is 0. The SMILES string of the molecule is C[C@@H]1C(=O)Nc2ccc(S(=O)(=O)NCC(C)(C)N3CCOCC3)cc21. The summed E-state index contributed by atoms with van der Waals surface area (Å²) in [5, 5.41) is 2.75. The maximum atomic E-state index is 12.7. The highest BCUT2D eigenvalue weighted by molar-refractivity contribution is 7.89. The van der Waals surface area contributed by atoms with Gasteiger partial charge < -0.3 is 10.1 Å². The summed E-state index contributed by atoms with van der Waals surface area (Å²) in [5.74, 6) is -0.444. The van der Waals surface area contributed by atoms with Crippen molar-refractivity contribution in [2.24, 2.45) is 0 Å². The molecule has 1 aromatic rings. The Bertz CT molecular complexity index is 770. The van der Waals surface area contributed by atoms with Crippen LogP contribution in [0.3, 0.4) is 0 Å². The van der Waals surface area contributed by atoms with E-state index in [4.69, 9.17) is 4.74 Å². The van der Waals surface area contributed by atoms with E-state index in [1.54, 1.807) is 19.1 Å². The molecule has 0 aliphatic carbocycles. The van der Waals surface area contributed by atoms with Crippen LogP contribution in [-0.4, -0.2) is 57.6 Å². The fourth-order valence-corrected chi connectivity index (χ4v) is 4.44. The lowest BCUT2D eigenvalue weighted by atomic mass is 10.0. The molecular formula is C17H25N3O4S. The molecule has 0 saturated carbocycles. The van der Waals surface area contributed by atoms with E-state index in [1.165, 1.54) is 6.07 Å². The molecule has 0 aromatic heterocycles. The van der Waals surface area contributed by atoms with Gasteiger partial charge in [0.15, 0.2) is 0 Å². The summed E-state index contributed by atoms with van der Waals surface area (Å²) >= 11 is 0. The van der Waals surface area contributed by atoms with Crippen LogP contribution in [0.25, 0.3) is 0 Å². The topological polar surface area (TPSA) is 87.7 Å². The predicted molar refractivity (Wildman–Crippen MR) is 95.1 cm³/mol. The van der Waals surface area contributed by atoms with Gasteiger partial charge in [0, 0.05) is 30.9 Å². The Labute approximate surface area is 148 Å². The molecule has 8 heteroatoms. The lowest BCUT2D eigenvalue weighted by Crippen LogP contribution is -2.55. The molecule has 25 heavy (non-hydrogen) atoms. The van der Waals surface area contributed by atoms with Crippen LogP contribution in [0.5, 0.6) is 0 Å². The van der Waals surface area contributed by atoms with E-state index in [0.717, 1.165) is 18.7 Å². The molecule has 0 spiro atoms. The Morgan fingerprint density at radius 1 is 1.32 bits per heavy atom. The molecule has 2 heterocycles. The number of nitrogens with zero attached hydrogens (tertiary/aromatic N) is 1. The molecule has 2 N–H and O–H groups in total. The molecule has 3 rings (SSSR count). The molecule has 1 saturated heterocycles. The smallest absolute Gasteiger partial charge is 0.240 e. The highest BCUT2D eigenvalue weighted by Crippen LogP contribution is 2.33. The molecule has 1 atom stereocenters. The Balaban J connectivity index is 1.73. The van der Waals surface area contributed by atoms with Crippen molar-refractivity contribution >= 4 is 21.6 Å². The Morgan fingerprint density at radius 3 is 2.68 bits per heavy atom. The average Bonchev–Trinajstić information content (AvgIpc) is 2.88. The van der Waals surface area contributed by atoms with Gasteiger partial charge in [0.05, 0.1) is 24.0 Å². The van der Waals surface area contributed by atoms with Crippen LogP contribution in [0.1, 0.15) is 32.3 Å². The van der Waals surface area contributed by atoms with Crippen molar-refractivity contribution in [3.05, 3.63) is 23.8 Å². The predicted octanol–water partition coefficient (Wildman–Crippen LogP) is 1.13. The molecule has 138 valence electrons. The van der Waals surface area contributed by atoms with Crippen molar-refractivity contribution in [1.29, 1.82) is 0 Å². The number of carbonyl (C=O) groups is 1. The molecule has 0 bridgehead atoms. The zero-order valence-corrected chi connectivity index (χ0v) is 15.6. The second-order valence-electron chi connectivity index (χ2n) is 7.20. The molecule has 2 aliphatic heterocycles. The van der Waals surface area contributed by atoms with E-state index in [0.29, 0.717) is 25.4 Å². The number of amides is 1. The summed E-state index contributed by atoms with van der Waals surface area (Å²) in [7, 11) is -3.64. The van der Waals surface area contributed by atoms with Gasteiger partial charge in [-0.15, -0.1) is 0 Å². The summed E-state index contributed by atoms with van der Waals surface area (Å²) in [5.41, 5.74) is 1.10. The van der Waals surface area contributed by atoms with Crippen LogP contribution in [0.2, 0.25) is 0 Å². The minimum Gasteiger partial charge on any atom is -0.379 e. The molecule has 7 nitrogen and oxygen atoms in total. The summed E-state index contributed by atoms with van der Waals surface area (Å²) in [6, 6.07) is 4.77. The van der Waals surface area contributed by atoms with Crippen LogP contribution < -0.4 is 10.0 Å². The van der Waals surface area contributed by atoms with Crippen molar-refractivity contribution in [2.45, 2.75) is 37.1 Å². The van der Waals surface area contributed by atoms with E-state index in [9.17, 15) is 13.2 Å². The van der Waals surface area contributed by atoms with Gasteiger partial charge in [-0.1, -0.05) is 0 Å². The van der Waals surface area contributed by atoms with E-state index in [2.05, 4.69) is 14.9 Å². The Morgan fingerprint density at radius 2 is 2.00 bits per heavy atom. The minimum absolute atomic E-state index is 0.106. The fraction of sp³-hybridized carbons (Fsp3) is 0.588. The van der Waals surface area contributed by atoms with Gasteiger partial charge in [-0.3, -0.25) is 9.69 Å². The van der Waals surface area contributed by atoms with Gasteiger partial charge in [0.25, 0.3) is 0 Å². The number of hydrogen-bond donors (Lipinski definition) is 2. The van der Waals surface area contributed by atoms with Gasteiger partial charge in [-0.25, -0.2) is 13.1 Å². The second-order valence-corrected chi connectivity index (χ2v) is 8.96. The monoisotopic (exact) mass is 367 g/mol. The minimum atomic E-state index is -3.64. The van der Waals surface area contributed by atoms with Crippen molar-refractivity contribution < 1.29 is 17.9 Å². The summed E-state index contributed by atoms with van der Waals surface area (Å²) < 4.78 is 33.5. The molecule has 2 aliphatic rings. The average molecular weight is 367 g/mol. The number of sulfonamides is 1. The summed E-state index contributed by atoms with van der Waals surface area (Å²) in [4.78, 5) is 14.1. The van der Waals surface area contributed by atoms with Gasteiger partial charge in [0.2, 0.25) is 15.9 Å². The van der Waals surface area contributed by atoms with Crippen LogP contribution in [0, 0.1) is 0 Å². The van der Waals surface area contributed by atoms with Gasteiger partial charge >= 0.3 is 0 Å². The maximum Gasteiger partial charge on any atom is 0.240 e. The van der Waals surface area contributed by atoms with Gasteiger partial charge in [0.1, 0.15) is 0 Å². The van der Waals surface area contributed by atoms with E-state index >= 15 is 0 Å². The number of morpholine rings is 1. The third-order valence-corrected chi connectivity index (χ3v) is 6.41. The number of ether oxygens (including phenoxy) is 1. The number of rotatable bonds is 5. The zero-order chi connectivity index (χ0) is 18.2. The van der Waals surface area contributed by atoms with Crippen LogP contribution >= 0.6 is 0 Å². The van der Waals surface area contributed by atoms with Crippen LogP contribution in [-0.2, 0) is 19.6 Å². The van der Waals surface area contributed by atoms with Crippen molar-refractivity contribution in [1.82, 2.24) is 9.62 Å². The summed E-state index contributed by atoms with van der Waals surface area (Å²) in [6.45, 7) is 9.03. The van der Waals surface area contributed by atoms with E-state index < -0.39 is 10.0 Å². The first kappa shape index (κ1) is 18.3. The molecule has 1 amide bonds. The highest BCUT2D eigenvalue weighted by atomic mass is 32.2. The number of hydrogen-bond acceptors (Lipinski definition) is 5. The van der Waals surface area contributed by atoms with Crippen molar-refractivity contribution in [3.8, 4) is 0 Å². The Kier molecular flexibility index (Phi) is 4.89. The number of fused-ring (bicyclic) bond motifs is 1. The maximum absolute atomic E-state index is 12.7. The highest BCUT2D eigenvalue weighted by Gasteiger charge is 2.31. The lowest BCUT2D eigenvalue weighted by Gasteiger charge is -2.40. The normalized spacial score (nSPS) is 21.9. The molecule has 0 radical (unpaired) electrons. The molecule has 1 fully saturated rings. The van der Waals surface area contributed by atoms with E-state index in [-0.39, 0.29) is 22.3 Å². The second kappa shape index (κ2) is 6.68. The number of anilines is 1. The first-order valence-corrected chi connectivity index (χ1v) is 9.96. The third-order valence-electron chi connectivity index (χ3n) is 5.01. The first-order chi connectivity index (χ1) is 11.7. The number of nitrogens with one attached hydrogen (secondary N) is 2. The largest absolute Gasteiger partial charge is 0.379 e. The quantitative estimate of drug-likeness (QED) is 0.815. The molecule has 1 aromatic carbocycles. The van der Waals surface area contributed by atoms with E-state index in [1.807, 2.05) is 13.8 Å². The Hall–Kier alpha value is -1.48. The lowest BCUT2D eigenvalue weighted by molar-refractivity contribution is -0.116.